The Morgan fingerprint density at radius 3 is 2.64 bits per heavy atom. The number of nitrogens with two attached hydrogens (primary N) is 1. The number of nitro groups is 1. The van der Waals surface area contributed by atoms with Gasteiger partial charge in [-0.05, 0) is 18.9 Å². The summed E-state index contributed by atoms with van der Waals surface area (Å²) in [5.41, 5.74) is 6.60. The largest absolute Gasteiger partial charge is 0.378 e. The summed E-state index contributed by atoms with van der Waals surface area (Å²) in [4.78, 5) is 17.0. The lowest BCUT2D eigenvalue weighted by molar-refractivity contribution is -0.384. The number of para-hydroxylation sites is 2. The van der Waals surface area contributed by atoms with Gasteiger partial charge in [-0.15, -0.1) is 0 Å². The number of benzene rings is 1. The molecule has 0 aliphatic carbocycles. The van der Waals surface area contributed by atoms with E-state index in [1.807, 2.05) is 0 Å². The quantitative estimate of drug-likeness (QED) is 0.286. The number of nitrogens with one attached hydrogen (secondary N) is 1. The van der Waals surface area contributed by atoms with Crippen molar-refractivity contribution in [2.75, 3.05) is 31.5 Å². The van der Waals surface area contributed by atoms with E-state index in [9.17, 15) is 10.1 Å². The molecule has 1 aliphatic rings. The molecule has 3 N–H and O–H groups in total. The third kappa shape index (κ3) is 4.61. The molecule has 0 spiro atoms. The predicted molar refractivity (Wildman–Crippen MR) is 88.1 cm³/mol. The van der Waals surface area contributed by atoms with Gasteiger partial charge in [-0.1, -0.05) is 25.0 Å². The Labute approximate surface area is 130 Å². The highest BCUT2D eigenvalue weighted by atomic mass is 16.6. The second-order valence-electron chi connectivity index (χ2n) is 5.34. The number of nitrogens with zero attached hydrogens (tertiary/aromatic N) is 3. The first-order valence-corrected chi connectivity index (χ1v) is 7.70. The Hall–Kier alpha value is -2.31. The molecule has 1 fully saturated rings. The van der Waals surface area contributed by atoms with E-state index < -0.39 is 4.92 Å². The highest BCUT2D eigenvalue weighted by Crippen LogP contribution is 2.22. The Morgan fingerprint density at radius 2 is 1.95 bits per heavy atom. The summed E-state index contributed by atoms with van der Waals surface area (Å²) in [6, 6.07) is 6.60. The molecule has 0 saturated carbocycles. The van der Waals surface area contributed by atoms with E-state index in [4.69, 9.17) is 5.73 Å². The minimum atomic E-state index is -0.392. The minimum Gasteiger partial charge on any atom is -0.378 e. The van der Waals surface area contributed by atoms with E-state index in [2.05, 4.69) is 15.2 Å². The fourth-order valence-corrected chi connectivity index (χ4v) is 2.54. The van der Waals surface area contributed by atoms with Crippen molar-refractivity contribution in [3.63, 3.8) is 0 Å². The lowest BCUT2D eigenvalue weighted by Gasteiger charge is -2.21. The van der Waals surface area contributed by atoms with Crippen LogP contribution >= 0.6 is 0 Å². The van der Waals surface area contributed by atoms with Gasteiger partial charge in [-0.3, -0.25) is 15.1 Å². The molecule has 0 atom stereocenters. The summed E-state index contributed by atoms with van der Waals surface area (Å²) in [5.74, 6) is 0.575. The number of hydrogen-bond acceptors (Lipinski definition) is 4. The van der Waals surface area contributed by atoms with Gasteiger partial charge in [0, 0.05) is 25.7 Å². The molecule has 1 saturated heterocycles. The number of aliphatic imine (C=N–C) groups is 1. The number of hydrogen-bond donors (Lipinski definition) is 2. The molecule has 0 aromatic heterocycles. The van der Waals surface area contributed by atoms with Crippen molar-refractivity contribution < 1.29 is 4.92 Å². The highest BCUT2D eigenvalue weighted by Gasteiger charge is 2.12. The maximum absolute atomic E-state index is 10.9. The summed E-state index contributed by atoms with van der Waals surface area (Å²) < 4.78 is 0. The average molecular weight is 305 g/mol. The first-order chi connectivity index (χ1) is 10.7. The summed E-state index contributed by atoms with van der Waals surface area (Å²) in [6.07, 6.45) is 4.82. The molecule has 0 bridgehead atoms. The van der Waals surface area contributed by atoms with Gasteiger partial charge in [-0.2, -0.15) is 0 Å². The molecule has 1 aromatic rings. The molecule has 7 heteroatoms. The first-order valence-electron chi connectivity index (χ1n) is 7.70. The topological polar surface area (TPSA) is 96.8 Å². The molecule has 1 heterocycles. The van der Waals surface area contributed by atoms with Crippen molar-refractivity contribution in [1.82, 2.24) is 4.90 Å². The lowest BCUT2D eigenvalue weighted by Crippen LogP contribution is -2.38. The fourth-order valence-electron chi connectivity index (χ4n) is 2.54. The second-order valence-corrected chi connectivity index (χ2v) is 5.34. The number of anilines is 1. The van der Waals surface area contributed by atoms with Crippen LogP contribution in [0.15, 0.2) is 29.3 Å². The van der Waals surface area contributed by atoms with Crippen LogP contribution in [0.3, 0.4) is 0 Å². The van der Waals surface area contributed by atoms with Crippen LogP contribution in [-0.4, -0.2) is 42.0 Å². The monoisotopic (exact) mass is 305 g/mol. The number of nitro benzene ring substituents is 1. The van der Waals surface area contributed by atoms with Gasteiger partial charge in [0.15, 0.2) is 5.96 Å². The SMILES string of the molecule is NC(=NCCNc1ccccc1[N+](=O)[O-])N1CCCCCC1. The number of guanidine groups is 1. The highest BCUT2D eigenvalue weighted by molar-refractivity contribution is 5.78. The van der Waals surface area contributed by atoms with Crippen LogP contribution in [0, 0.1) is 10.1 Å². The average Bonchev–Trinajstić information content (AvgIpc) is 2.81. The van der Waals surface area contributed by atoms with E-state index >= 15 is 0 Å². The molecule has 0 unspecified atom stereocenters. The Kier molecular flexibility index (Phi) is 6.00. The van der Waals surface area contributed by atoms with E-state index in [0.717, 1.165) is 25.9 Å². The van der Waals surface area contributed by atoms with Gasteiger partial charge in [0.1, 0.15) is 5.69 Å². The van der Waals surface area contributed by atoms with Gasteiger partial charge in [0.2, 0.25) is 0 Å². The zero-order valence-electron chi connectivity index (χ0n) is 12.7. The lowest BCUT2D eigenvalue weighted by atomic mass is 10.2. The minimum absolute atomic E-state index is 0.0759. The summed E-state index contributed by atoms with van der Waals surface area (Å²) in [5, 5.41) is 14.0. The molecule has 7 nitrogen and oxygen atoms in total. The number of likely N-dealkylation sites (tertiary alicyclic amines) is 1. The smallest absolute Gasteiger partial charge is 0.292 e. The fraction of sp³-hybridized carbons (Fsp3) is 0.533. The van der Waals surface area contributed by atoms with Crippen molar-refractivity contribution in [3.8, 4) is 0 Å². The standard InChI is InChI=1S/C15H23N5O2/c16-15(19-11-5-1-2-6-12-19)18-10-9-17-13-7-3-4-8-14(13)20(21)22/h3-4,7-8,17H,1-2,5-6,9-12H2,(H2,16,18). The second kappa shape index (κ2) is 8.21. The molecule has 1 aromatic carbocycles. The third-order valence-electron chi connectivity index (χ3n) is 3.73. The van der Waals surface area contributed by atoms with Crippen LogP contribution in [0.25, 0.3) is 0 Å². The van der Waals surface area contributed by atoms with Crippen LogP contribution in [-0.2, 0) is 0 Å². The Bertz CT molecular complexity index is 524. The van der Waals surface area contributed by atoms with Gasteiger partial charge in [-0.25, -0.2) is 0 Å². The molecule has 120 valence electrons. The molecule has 0 amide bonds. The molecular weight excluding hydrogens is 282 g/mol. The van der Waals surface area contributed by atoms with Crippen LogP contribution in [0.5, 0.6) is 0 Å². The van der Waals surface area contributed by atoms with Crippen molar-refractivity contribution in [1.29, 1.82) is 0 Å². The summed E-state index contributed by atoms with van der Waals surface area (Å²) in [6.45, 7) is 2.94. The van der Waals surface area contributed by atoms with Crippen LogP contribution < -0.4 is 11.1 Å². The molecular formula is C15H23N5O2. The van der Waals surface area contributed by atoms with Gasteiger partial charge in [0.05, 0.1) is 11.5 Å². The van der Waals surface area contributed by atoms with E-state index in [0.29, 0.717) is 24.7 Å². The Morgan fingerprint density at radius 1 is 1.27 bits per heavy atom. The van der Waals surface area contributed by atoms with Crippen molar-refractivity contribution >= 4 is 17.3 Å². The number of rotatable bonds is 5. The van der Waals surface area contributed by atoms with Gasteiger partial charge < -0.3 is 16.0 Å². The third-order valence-corrected chi connectivity index (χ3v) is 3.73. The molecule has 1 aliphatic heterocycles. The maximum atomic E-state index is 10.9. The zero-order chi connectivity index (χ0) is 15.8. The van der Waals surface area contributed by atoms with Crippen molar-refractivity contribution in [2.45, 2.75) is 25.7 Å². The summed E-state index contributed by atoms with van der Waals surface area (Å²) >= 11 is 0. The zero-order valence-corrected chi connectivity index (χ0v) is 12.7. The van der Waals surface area contributed by atoms with E-state index in [1.54, 1.807) is 18.2 Å². The molecule has 22 heavy (non-hydrogen) atoms. The van der Waals surface area contributed by atoms with Gasteiger partial charge in [0.25, 0.3) is 5.69 Å². The molecule has 2 rings (SSSR count). The maximum Gasteiger partial charge on any atom is 0.292 e. The normalized spacial score (nSPS) is 16.2. The van der Waals surface area contributed by atoms with Crippen molar-refractivity contribution in [2.24, 2.45) is 10.7 Å². The van der Waals surface area contributed by atoms with E-state index in [1.165, 1.54) is 18.9 Å². The van der Waals surface area contributed by atoms with Crippen LogP contribution in [0.1, 0.15) is 25.7 Å². The van der Waals surface area contributed by atoms with Crippen LogP contribution in [0.2, 0.25) is 0 Å². The van der Waals surface area contributed by atoms with Gasteiger partial charge >= 0.3 is 0 Å². The van der Waals surface area contributed by atoms with Crippen molar-refractivity contribution in [3.05, 3.63) is 34.4 Å². The first kappa shape index (κ1) is 16.1. The molecule has 0 radical (unpaired) electrons. The Balaban J connectivity index is 1.83. The predicted octanol–water partition coefficient (Wildman–Crippen LogP) is 2.20. The van der Waals surface area contributed by atoms with Crippen LogP contribution in [0.4, 0.5) is 11.4 Å². The summed E-state index contributed by atoms with van der Waals surface area (Å²) in [7, 11) is 0. The van der Waals surface area contributed by atoms with E-state index in [-0.39, 0.29) is 5.69 Å².